The van der Waals surface area contributed by atoms with Crippen LogP contribution in [0.4, 0.5) is 11.4 Å². The normalized spacial score (nSPS) is 17.1. The van der Waals surface area contributed by atoms with Crippen molar-refractivity contribution in [2.75, 3.05) is 61.9 Å². The second-order valence-electron chi connectivity index (χ2n) is 11.0. The zero-order valence-electron chi connectivity index (χ0n) is 25.7. The molecule has 45 heavy (non-hydrogen) atoms. The summed E-state index contributed by atoms with van der Waals surface area (Å²) in [6.07, 6.45) is 0.693. The van der Waals surface area contributed by atoms with E-state index in [9.17, 15) is 18.0 Å². The first-order valence-electron chi connectivity index (χ1n) is 15.3. The van der Waals surface area contributed by atoms with Crippen molar-refractivity contribution in [3.8, 4) is 5.75 Å². The second kappa shape index (κ2) is 14.7. The maximum atomic E-state index is 14.7. The van der Waals surface area contributed by atoms with Gasteiger partial charge in [-0.2, -0.15) is 0 Å². The number of carbonyl (C=O) groups is 2. The summed E-state index contributed by atoms with van der Waals surface area (Å²) in [5.41, 5.74) is 3.02. The van der Waals surface area contributed by atoms with Crippen LogP contribution in [-0.4, -0.2) is 77.4 Å². The number of rotatable bonds is 13. The molecule has 2 aliphatic rings. The zero-order chi connectivity index (χ0) is 31.8. The van der Waals surface area contributed by atoms with Crippen molar-refractivity contribution in [2.24, 2.45) is 5.92 Å². The molecule has 2 heterocycles. The minimum Gasteiger partial charge on any atom is -0.491 e. The van der Waals surface area contributed by atoms with Gasteiger partial charge in [-0.15, -0.1) is 0 Å². The fourth-order valence-corrected chi connectivity index (χ4v) is 6.90. The quantitative estimate of drug-likeness (QED) is 0.275. The molecule has 2 N–H and O–H groups in total. The Kier molecular flexibility index (Phi) is 10.5. The predicted octanol–water partition coefficient (Wildman–Crippen LogP) is 3.91. The third kappa shape index (κ3) is 7.55. The highest BCUT2D eigenvalue weighted by Gasteiger charge is 2.46. The molecule has 2 amide bonds. The average molecular weight is 633 g/mol. The van der Waals surface area contributed by atoms with Crippen LogP contribution in [0.1, 0.15) is 24.5 Å². The van der Waals surface area contributed by atoms with E-state index in [2.05, 4.69) is 10.0 Å². The van der Waals surface area contributed by atoms with Gasteiger partial charge in [-0.25, -0.2) is 8.42 Å². The number of carbonyl (C=O) groups excluding carboxylic acids is 2. The third-order valence-corrected chi connectivity index (χ3v) is 9.28. The predicted molar refractivity (Wildman–Crippen MR) is 175 cm³/mol. The second-order valence-corrected chi connectivity index (χ2v) is 12.9. The van der Waals surface area contributed by atoms with Crippen LogP contribution in [0.25, 0.3) is 5.70 Å². The molecule has 1 fully saturated rings. The van der Waals surface area contributed by atoms with Crippen molar-refractivity contribution in [1.82, 2.24) is 10.2 Å². The molecule has 2 aliphatic heterocycles. The number of hydrogen-bond acceptors (Lipinski definition) is 7. The number of piperazine rings is 1. The Labute approximate surface area is 265 Å². The van der Waals surface area contributed by atoms with Gasteiger partial charge in [-0.1, -0.05) is 61.5 Å². The van der Waals surface area contributed by atoms with Crippen LogP contribution in [0.5, 0.6) is 5.75 Å². The third-order valence-electron chi connectivity index (χ3n) is 7.81. The molecule has 1 unspecified atom stereocenters. The van der Waals surface area contributed by atoms with Crippen LogP contribution in [-0.2, 0) is 30.8 Å². The van der Waals surface area contributed by atoms with E-state index in [1.54, 1.807) is 43.2 Å². The number of hydrogen-bond donors (Lipinski definition) is 2. The summed E-state index contributed by atoms with van der Waals surface area (Å²) in [5.74, 6) is -0.746. The van der Waals surface area contributed by atoms with Crippen LogP contribution < -0.4 is 19.7 Å². The molecule has 5 rings (SSSR count). The summed E-state index contributed by atoms with van der Waals surface area (Å²) in [5, 5.41) is 3.29. The smallest absolute Gasteiger partial charge is 0.252 e. The number of para-hydroxylation sites is 2. The first kappa shape index (κ1) is 32.2. The lowest BCUT2D eigenvalue weighted by molar-refractivity contribution is -0.129. The highest BCUT2D eigenvalue weighted by molar-refractivity contribution is 7.92. The summed E-state index contributed by atoms with van der Waals surface area (Å²) < 4.78 is 39.4. The molecule has 1 atom stereocenters. The van der Waals surface area contributed by atoms with Gasteiger partial charge in [-0.05, 0) is 48.2 Å². The number of amides is 2. The van der Waals surface area contributed by atoms with Gasteiger partial charge in [0.25, 0.3) is 5.91 Å². The topological polar surface area (TPSA) is 117 Å². The van der Waals surface area contributed by atoms with Crippen molar-refractivity contribution in [3.63, 3.8) is 0 Å². The van der Waals surface area contributed by atoms with Crippen LogP contribution >= 0.6 is 0 Å². The number of benzene rings is 3. The van der Waals surface area contributed by atoms with Gasteiger partial charge in [0, 0.05) is 33.3 Å². The molecule has 11 heteroatoms. The number of nitrogens with one attached hydrogen (secondary N) is 2. The molecule has 238 valence electrons. The first-order chi connectivity index (χ1) is 21.8. The number of ether oxygens (including phenoxy) is 2. The Bertz CT molecular complexity index is 1640. The van der Waals surface area contributed by atoms with E-state index in [0.29, 0.717) is 74.1 Å². The molecular formula is C34H40N4O6S. The zero-order valence-corrected chi connectivity index (χ0v) is 26.5. The van der Waals surface area contributed by atoms with Crippen LogP contribution in [0.3, 0.4) is 0 Å². The summed E-state index contributed by atoms with van der Waals surface area (Å²) >= 11 is 0. The molecule has 0 spiro atoms. The lowest BCUT2D eigenvalue weighted by Gasteiger charge is -2.29. The number of nitrogens with zero attached hydrogens (tertiary/aromatic N) is 2. The lowest BCUT2D eigenvalue weighted by Crippen LogP contribution is -2.47. The van der Waals surface area contributed by atoms with E-state index >= 15 is 0 Å². The Morgan fingerprint density at radius 3 is 2.44 bits per heavy atom. The summed E-state index contributed by atoms with van der Waals surface area (Å²) in [6.45, 7) is 4.96. The summed E-state index contributed by atoms with van der Waals surface area (Å²) in [4.78, 5) is 32.5. The van der Waals surface area contributed by atoms with Gasteiger partial charge in [0.05, 0.1) is 40.9 Å². The van der Waals surface area contributed by atoms with Crippen molar-refractivity contribution < 1.29 is 27.5 Å². The van der Waals surface area contributed by atoms with Crippen molar-refractivity contribution in [2.45, 2.75) is 19.8 Å². The maximum absolute atomic E-state index is 14.7. The SMILES string of the molecule is CCCS(=O)(=O)Nc1ccccc1N1C(=O)C(Cc2cccc(OCCOC)c2)C(C(=O)N2CCNCC2)=C1c1ccccc1. The minimum absolute atomic E-state index is 0.0607. The minimum atomic E-state index is -3.67. The molecule has 0 radical (unpaired) electrons. The molecule has 0 aliphatic carbocycles. The summed E-state index contributed by atoms with van der Waals surface area (Å²) in [6, 6.07) is 23.7. The van der Waals surface area contributed by atoms with Gasteiger partial charge in [-0.3, -0.25) is 19.2 Å². The lowest BCUT2D eigenvalue weighted by atomic mass is 9.90. The van der Waals surface area contributed by atoms with E-state index in [4.69, 9.17) is 9.47 Å². The van der Waals surface area contributed by atoms with Gasteiger partial charge in [0.1, 0.15) is 12.4 Å². The number of methoxy groups -OCH3 is 1. The van der Waals surface area contributed by atoms with Crippen molar-refractivity contribution in [1.29, 1.82) is 0 Å². The Morgan fingerprint density at radius 2 is 1.71 bits per heavy atom. The Hall–Kier alpha value is -4.19. The Balaban J connectivity index is 1.65. The van der Waals surface area contributed by atoms with E-state index in [1.807, 2.05) is 54.6 Å². The van der Waals surface area contributed by atoms with Crippen LogP contribution in [0.2, 0.25) is 0 Å². The van der Waals surface area contributed by atoms with Crippen LogP contribution in [0.15, 0.2) is 84.4 Å². The molecule has 0 bridgehead atoms. The van der Waals surface area contributed by atoms with Crippen molar-refractivity contribution in [3.05, 3.63) is 95.6 Å². The van der Waals surface area contributed by atoms with E-state index < -0.39 is 15.9 Å². The molecule has 3 aromatic carbocycles. The highest BCUT2D eigenvalue weighted by atomic mass is 32.2. The van der Waals surface area contributed by atoms with Gasteiger partial charge in [0.15, 0.2) is 0 Å². The maximum Gasteiger partial charge on any atom is 0.252 e. The monoisotopic (exact) mass is 632 g/mol. The highest BCUT2D eigenvalue weighted by Crippen LogP contribution is 2.44. The fourth-order valence-electron chi connectivity index (χ4n) is 5.76. The van der Waals surface area contributed by atoms with Crippen molar-refractivity contribution >= 4 is 38.9 Å². The fraction of sp³-hybridized carbons (Fsp3) is 0.353. The van der Waals surface area contributed by atoms with Gasteiger partial charge in [0.2, 0.25) is 15.9 Å². The number of anilines is 2. The molecule has 10 nitrogen and oxygen atoms in total. The van der Waals surface area contributed by atoms with E-state index in [0.717, 1.165) is 5.56 Å². The number of sulfonamides is 1. The van der Waals surface area contributed by atoms with Gasteiger partial charge < -0.3 is 19.7 Å². The largest absolute Gasteiger partial charge is 0.491 e. The van der Waals surface area contributed by atoms with E-state index in [-0.39, 0.29) is 29.7 Å². The standard InChI is InChI=1S/C34H40N4O6S/c1-3-22-45(41,42)36-29-14-7-8-15-30(29)38-32(26-11-5-4-6-12-26)31(34(40)37-18-16-35-17-19-37)28(33(38)39)24-25-10-9-13-27(23-25)44-21-20-43-2/h4-15,23,28,35-36H,3,16-22,24H2,1-2H3. The molecule has 0 aromatic heterocycles. The van der Waals surface area contributed by atoms with E-state index in [1.165, 1.54) is 4.90 Å². The molecule has 1 saturated heterocycles. The Morgan fingerprint density at radius 1 is 0.978 bits per heavy atom. The summed E-state index contributed by atoms with van der Waals surface area (Å²) in [7, 11) is -2.06. The van der Waals surface area contributed by atoms with Crippen LogP contribution in [0, 0.1) is 5.92 Å². The molecule has 0 saturated carbocycles. The first-order valence-corrected chi connectivity index (χ1v) is 16.9. The van der Waals surface area contributed by atoms with Gasteiger partial charge >= 0.3 is 0 Å². The molecular weight excluding hydrogens is 592 g/mol. The molecule has 3 aromatic rings. The average Bonchev–Trinajstić information content (AvgIpc) is 3.33.